The standard InChI is InChI=1S/C20H22F2N4OS/c1-13(25(2)3)19-23-24-20(26(19)16-8-6-15(21)7-9-16)28-12-14-5-10-18(27-4)17(22)11-14/h5-11,13H,12H2,1-4H3/t13-/m0/s1. The van der Waals surface area contributed by atoms with Gasteiger partial charge < -0.3 is 4.74 Å². The van der Waals surface area contributed by atoms with Crippen molar-refractivity contribution in [2.75, 3.05) is 21.2 Å². The van der Waals surface area contributed by atoms with Crippen molar-refractivity contribution in [3.8, 4) is 11.4 Å². The Balaban J connectivity index is 1.92. The molecule has 0 aliphatic carbocycles. The van der Waals surface area contributed by atoms with Crippen LogP contribution in [-0.2, 0) is 5.75 Å². The maximum absolute atomic E-state index is 13.9. The van der Waals surface area contributed by atoms with Gasteiger partial charge in [0.05, 0.1) is 13.2 Å². The summed E-state index contributed by atoms with van der Waals surface area (Å²) in [5, 5.41) is 9.34. The molecule has 0 saturated heterocycles. The minimum absolute atomic E-state index is 0.00494. The van der Waals surface area contributed by atoms with E-state index in [-0.39, 0.29) is 17.6 Å². The highest BCUT2D eigenvalue weighted by molar-refractivity contribution is 7.98. The summed E-state index contributed by atoms with van der Waals surface area (Å²) in [6, 6.07) is 11.1. The van der Waals surface area contributed by atoms with Crippen LogP contribution in [0.1, 0.15) is 24.4 Å². The Morgan fingerprint density at radius 1 is 1.11 bits per heavy atom. The first-order chi connectivity index (χ1) is 13.4. The first kappa shape index (κ1) is 20.3. The summed E-state index contributed by atoms with van der Waals surface area (Å²) in [5.74, 6) is 0.770. The lowest BCUT2D eigenvalue weighted by Crippen LogP contribution is -2.20. The number of benzene rings is 2. The Kier molecular flexibility index (Phi) is 6.31. The molecule has 0 bridgehead atoms. The molecule has 2 aromatic carbocycles. The number of ether oxygens (including phenoxy) is 1. The van der Waals surface area contributed by atoms with Crippen LogP contribution < -0.4 is 4.74 Å². The fourth-order valence-corrected chi connectivity index (χ4v) is 3.56. The summed E-state index contributed by atoms with van der Waals surface area (Å²) in [4.78, 5) is 2.03. The number of methoxy groups -OCH3 is 1. The predicted molar refractivity (Wildman–Crippen MR) is 106 cm³/mol. The molecule has 1 heterocycles. The second-order valence-corrected chi connectivity index (χ2v) is 7.49. The molecular formula is C20H22F2N4OS. The number of rotatable bonds is 7. The molecule has 0 N–H and O–H groups in total. The number of thioether (sulfide) groups is 1. The van der Waals surface area contributed by atoms with Crippen molar-refractivity contribution >= 4 is 11.8 Å². The van der Waals surface area contributed by atoms with Gasteiger partial charge >= 0.3 is 0 Å². The molecule has 0 aliphatic rings. The molecule has 0 fully saturated rings. The SMILES string of the molecule is COc1ccc(CSc2nnc([C@H](C)N(C)C)n2-c2ccc(F)cc2)cc1F. The summed E-state index contributed by atoms with van der Waals surface area (Å²) in [5.41, 5.74) is 1.58. The molecule has 0 saturated carbocycles. The molecule has 0 unspecified atom stereocenters. The normalized spacial score (nSPS) is 12.4. The molecule has 8 heteroatoms. The summed E-state index contributed by atoms with van der Waals surface area (Å²) in [6.45, 7) is 2.03. The van der Waals surface area contributed by atoms with E-state index in [0.29, 0.717) is 10.9 Å². The zero-order valence-corrected chi connectivity index (χ0v) is 17.0. The topological polar surface area (TPSA) is 43.2 Å². The fraction of sp³-hybridized carbons (Fsp3) is 0.300. The highest BCUT2D eigenvalue weighted by Crippen LogP contribution is 2.29. The van der Waals surface area contributed by atoms with Gasteiger partial charge in [-0.3, -0.25) is 9.47 Å². The third-order valence-corrected chi connectivity index (χ3v) is 5.48. The van der Waals surface area contributed by atoms with Gasteiger partial charge in [-0.05, 0) is 63.0 Å². The molecule has 0 spiro atoms. The number of nitrogens with zero attached hydrogens (tertiary/aromatic N) is 4. The van der Waals surface area contributed by atoms with Gasteiger partial charge in [-0.1, -0.05) is 17.8 Å². The first-order valence-corrected chi connectivity index (χ1v) is 9.72. The highest BCUT2D eigenvalue weighted by Gasteiger charge is 2.21. The Morgan fingerprint density at radius 3 is 2.43 bits per heavy atom. The molecular weight excluding hydrogens is 382 g/mol. The van der Waals surface area contributed by atoms with Gasteiger partial charge in [-0.15, -0.1) is 10.2 Å². The molecule has 1 aromatic heterocycles. The van der Waals surface area contributed by atoms with E-state index < -0.39 is 5.82 Å². The van der Waals surface area contributed by atoms with Gasteiger partial charge in [-0.25, -0.2) is 8.78 Å². The van der Waals surface area contributed by atoms with E-state index in [4.69, 9.17) is 4.74 Å². The van der Waals surface area contributed by atoms with Gasteiger partial charge in [0.25, 0.3) is 0 Å². The lowest BCUT2D eigenvalue weighted by Gasteiger charge is -2.20. The number of hydrogen-bond acceptors (Lipinski definition) is 5. The average Bonchev–Trinajstić information content (AvgIpc) is 3.10. The van der Waals surface area contributed by atoms with Gasteiger partial charge in [-0.2, -0.15) is 0 Å². The largest absolute Gasteiger partial charge is 0.494 e. The van der Waals surface area contributed by atoms with E-state index in [1.807, 2.05) is 36.6 Å². The second kappa shape index (κ2) is 8.70. The van der Waals surface area contributed by atoms with Crippen molar-refractivity contribution in [1.29, 1.82) is 0 Å². The molecule has 28 heavy (non-hydrogen) atoms. The van der Waals surface area contributed by atoms with Gasteiger partial charge in [0.1, 0.15) is 5.82 Å². The maximum atomic E-state index is 13.9. The smallest absolute Gasteiger partial charge is 0.196 e. The predicted octanol–water partition coefficient (Wildman–Crippen LogP) is 4.47. The van der Waals surface area contributed by atoms with Crippen LogP contribution in [0.3, 0.4) is 0 Å². The van der Waals surface area contributed by atoms with Crippen LogP contribution >= 0.6 is 11.8 Å². The minimum atomic E-state index is -0.400. The minimum Gasteiger partial charge on any atom is -0.494 e. The molecule has 3 rings (SSSR count). The Labute approximate surface area is 167 Å². The third-order valence-electron chi connectivity index (χ3n) is 4.48. The summed E-state index contributed by atoms with van der Waals surface area (Å²) in [7, 11) is 5.36. The Hall–Kier alpha value is -2.45. The zero-order valence-electron chi connectivity index (χ0n) is 16.2. The molecule has 0 aliphatic heterocycles. The van der Waals surface area contributed by atoms with E-state index in [1.54, 1.807) is 18.2 Å². The molecule has 0 radical (unpaired) electrons. The van der Waals surface area contributed by atoms with Gasteiger partial charge in [0, 0.05) is 11.4 Å². The van der Waals surface area contributed by atoms with Crippen LogP contribution in [0.25, 0.3) is 5.69 Å². The van der Waals surface area contributed by atoms with Crippen molar-refractivity contribution in [2.45, 2.75) is 23.9 Å². The first-order valence-electron chi connectivity index (χ1n) is 8.73. The summed E-state index contributed by atoms with van der Waals surface area (Å²) < 4.78 is 34.2. The highest BCUT2D eigenvalue weighted by atomic mass is 32.2. The Morgan fingerprint density at radius 2 is 1.82 bits per heavy atom. The van der Waals surface area contributed by atoms with Crippen molar-refractivity contribution in [2.24, 2.45) is 0 Å². The van der Waals surface area contributed by atoms with Crippen LogP contribution in [0, 0.1) is 11.6 Å². The zero-order chi connectivity index (χ0) is 20.3. The lowest BCUT2D eigenvalue weighted by atomic mass is 10.2. The quantitative estimate of drug-likeness (QED) is 0.544. The molecule has 0 amide bonds. The van der Waals surface area contributed by atoms with Crippen molar-refractivity contribution in [1.82, 2.24) is 19.7 Å². The maximum Gasteiger partial charge on any atom is 0.196 e. The lowest BCUT2D eigenvalue weighted by molar-refractivity contribution is 0.305. The van der Waals surface area contributed by atoms with E-state index in [9.17, 15) is 8.78 Å². The summed E-state index contributed by atoms with van der Waals surface area (Å²) in [6.07, 6.45) is 0. The van der Waals surface area contributed by atoms with Crippen LogP contribution in [-0.4, -0.2) is 40.9 Å². The van der Waals surface area contributed by atoms with E-state index in [0.717, 1.165) is 17.1 Å². The van der Waals surface area contributed by atoms with Gasteiger partial charge in [0.2, 0.25) is 0 Å². The van der Waals surface area contributed by atoms with Gasteiger partial charge in [0.15, 0.2) is 22.5 Å². The molecule has 5 nitrogen and oxygen atoms in total. The third kappa shape index (κ3) is 4.34. The summed E-state index contributed by atoms with van der Waals surface area (Å²) >= 11 is 1.44. The fourth-order valence-electron chi connectivity index (χ4n) is 2.66. The monoisotopic (exact) mass is 404 g/mol. The van der Waals surface area contributed by atoms with Crippen LogP contribution in [0.4, 0.5) is 8.78 Å². The average molecular weight is 404 g/mol. The molecule has 148 valence electrons. The van der Waals surface area contributed by atoms with E-state index in [2.05, 4.69) is 10.2 Å². The number of halogens is 2. The van der Waals surface area contributed by atoms with Crippen molar-refractivity contribution in [3.63, 3.8) is 0 Å². The van der Waals surface area contributed by atoms with Crippen LogP contribution in [0.5, 0.6) is 5.75 Å². The number of hydrogen-bond donors (Lipinski definition) is 0. The van der Waals surface area contributed by atoms with E-state index >= 15 is 0 Å². The Bertz CT molecular complexity index is 944. The molecule has 1 atom stereocenters. The van der Waals surface area contributed by atoms with Crippen LogP contribution in [0.2, 0.25) is 0 Å². The molecule has 3 aromatic rings. The van der Waals surface area contributed by atoms with Crippen molar-refractivity contribution in [3.05, 3.63) is 65.5 Å². The van der Waals surface area contributed by atoms with Crippen molar-refractivity contribution < 1.29 is 13.5 Å². The number of aromatic nitrogens is 3. The van der Waals surface area contributed by atoms with E-state index in [1.165, 1.54) is 37.1 Å². The van der Waals surface area contributed by atoms with Crippen LogP contribution in [0.15, 0.2) is 47.6 Å². The second-order valence-electron chi connectivity index (χ2n) is 6.55.